The number of hydrogen-bond acceptors (Lipinski definition) is 3. The Hall–Kier alpha value is -1.40. The molecule has 1 aromatic carbocycles. The second kappa shape index (κ2) is 7.24. The number of nitrogens with zero attached hydrogens (tertiary/aromatic N) is 1. The van der Waals surface area contributed by atoms with E-state index >= 15 is 0 Å². The van der Waals surface area contributed by atoms with Crippen LogP contribution in [0.3, 0.4) is 0 Å². The Kier molecular flexibility index (Phi) is 5.58. The highest BCUT2D eigenvalue weighted by Gasteiger charge is 2.27. The van der Waals surface area contributed by atoms with Gasteiger partial charge in [0.05, 0.1) is 12.3 Å². The number of benzene rings is 1. The van der Waals surface area contributed by atoms with Crippen LogP contribution < -0.4 is 4.72 Å². The fraction of sp³-hybridized carbons (Fsp3) is 0.562. The molecule has 122 valence electrons. The zero-order valence-corrected chi connectivity index (χ0v) is 14.0. The molecule has 1 amide bonds. The van der Waals surface area contributed by atoms with Crippen LogP contribution in [-0.2, 0) is 21.2 Å². The third kappa shape index (κ3) is 5.10. The van der Waals surface area contributed by atoms with E-state index in [1.165, 1.54) is 5.56 Å². The van der Waals surface area contributed by atoms with Crippen molar-refractivity contribution in [2.24, 2.45) is 5.92 Å². The molecule has 0 bridgehead atoms. The molecule has 0 radical (unpaired) electrons. The summed E-state index contributed by atoms with van der Waals surface area (Å²) in [6.07, 6.45) is 4.04. The van der Waals surface area contributed by atoms with E-state index < -0.39 is 16.1 Å². The van der Waals surface area contributed by atoms with E-state index in [4.69, 9.17) is 0 Å². The first-order valence-corrected chi connectivity index (χ1v) is 9.54. The Morgan fingerprint density at radius 2 is 1.86 bits per heavy atom. The van der Waals surface area contributed by atoms with Gasteiger partial charge in [0.25, 0.3) is 0 Å². The highest BCUT2D eigenvalue weighted by molar-refractivity contribution is 7.88. The number of hydrogen-bond donors (Lipinski definition) is 1. The molecule has 0 aromatic heterocycles. The minimum absolute atomic E-state index is 0.136. The lowest BCUT2D eigenvalue weighted by atomic mass is 9.90. The van der Waals surface area contributed by atoms with Crippen LogP contribution in [0.2, 0.25) is 0 Å². The lowest BCUT2D eigenvalue weighted by Crippen LogP contribution is -2.49. The Bertz CT molecular complexity index is 593. The van der Waals surface area contributed by atoms with Gasteiger partial charge < -0.3 is 4.90 Å². The van der Waals surface area contributed by atoms with Crippen LogP contribution in [0.1, 0.15) is 25.3 Å². The number of rotatable bonds is 5. The van der Waals surface area contributed by atoms with Gasteiger partial charge in [0.2, 0.25) is 15.9 Å². The predicted molar refractivity (Wildman–Crippen MR) is 86.9 cm³/mol. The number of carbonyl (C=O) groups excluding carboxylic acids is 1. The van der Waals surface area contributed by atoms with E-state index in [-0.39, 0.29) is 5.91 Å². The van der Waals surface area contributed by atoms with Crippen molar-refractivity contribution >= 4 is 15.9 Å². The summed E-state index contributed by atoms with van der Waals surface area (Å²) in [6.45, 7) is 3.00. The van der Waals surface area contributed by atoms with Gasteiger partial charge in [-0.05, 0) is 37.7 Å². The maximum atomic E-state index is 12.2. The number of amides is 1. The van der Waals surface area contributed by atoms with Crippen LogP contribution >= 0.6 is 0 Å². The van der Waals surface area contributed by atoms with Crippen LogP contribution in [0.5, 0.6) is 0 Å². The van der Waals surface area contributed by atoms with Gasteiger partial charge in [-0.1, -0.05) is 30.3 Å². The van der Waals surface area contributed by atoms with Crippen molar-refractivity contribution in [1.29, 1.82) is 0 Å². The number of likely N-dealkylation sites (tertiary alicyclic amines) is 1. The molecule has 1 N–H and O–H groups in total. The van der Waals surface area contributed by atoms with Gasteiger partial charge >= 0.3 is 0 Å². The quantitative estimate of drug-likeness (QED) is 0.890. The average molecular weight is 324 g/mol. The number of sulfonamides is 1. The molecule has 0 spiro atoms. The summed E-state index contributed by atoms with van der Waals surface area (Å²) in [5.41, 5.74) is 1.33. The van der Waals surface area contributed by atoms with Gasteiger partial charge in [0, 0.05) is 13.1 Å². The van der Waals surface area contributed by atoms with E-state index in [0.29, 0.717) is 19.0 Å². The zero-order chi connectivity index (χ0) is 16.2. The maximum Gasteiger partial charge on any atom is 0.240 e. The molecule has 0 unspecified atom stereocenters. The summed E-state index contributed by atoms with van der Waals surface area (Å²) < 4.78 is 24.8. The Labute approximate surface area is 132 Å². The average Bonchev–Trinajstić information content (AvgIpc) is 2.46. The standard InChI is InChI=1S/C16H24N2O3S/c1-13(17-22(2,20)21)16(19)18-10-8-15(9-11-18)12-14-6-4-3-5-7-14/h3-7,13,15,17H,8-12H2,1-2H3/t13-/m0/s1. The fourth-order valence-electron chi connectivity index (χ4n) is 2.95. The molecule has 1 fully saturated rings. The monoisotopic (exact) mass is 324 g/mol. The van der Waals surface area contributed by atoms with E-state index in [2.05, 4.69) is 16.9 Å². The van der Waals surface area contributed by atoms with Crippen LogP contribution in [0.15, 0.2) is 30.3 Å². The van der Waals surface area contributed by atoms with E-state index in [0.717, 1.165) is 25.5 Å². The van der Waals surface area contributed by atoms with Crippen molar-refractivity contribution in [2.45, 2.75) is 32.2 Å². The molecule has 6 heteroatoms. The van der Waals surface area contributed by atoms with E-state index in [1.807, 2.05) is 18.2 Å². The van der Waals surface area contributed by atoms with Crippen molar-refractivity contribution in [3.05, 3.63) is 35.9 Å². The first kappa shape index (κ1) is 17.0. The molecule has 1 aliphatic rings. The van der Waals surface area contributed by atoms with Gasteiger partial charge in [-0.25, -0.2) is 13.1 Å². The SMILES string of the molecule is C[C@H](NS(C)(=O)=O)C(=O)N1CCC(Cc2ccccc2)CC1. The van der Waals surface area contributed by atoms with Crippen molar-refractivity contribution in [2.75, 3.05) is 19.3 Å². The third-order valence-electron chi connectivity index (χ3n) is 4.05. The zero-order valence-electron chi connectivity index (χ0n) is 13.2. The van der Waals surface area contributed by atoms with Crippen molar-refractivity contribution in [1.82, 2.24) is 9.62 Å². The molecule has 1 heterocycles. The lowest BCUT2D eigenvalue weighted by Gasteiger charge is -2.33. The minimum atomic E-state index is -3.36. The first-order chi connectivity index (χ1) is 10.3. The molecular weight excluding hydrogens is 300 g/mol. The van der Waals surface area contributed by atoms with Gasteiger partial charge in [0.1, 0.15) is 0 Å². The van der Waals surface area contributed by atoms with Crippen LogP contribution in [0.25, 0.3) is 0 Å². The molecule has 0 saturated carbocycles. The topological polar surface area (TPSA) is 66.5 Å². The first-order valence-electron chi connectivity index (χ1n) is 7.65. The molecule has 1 aromatic rings. The van der Waals surface area contributed by atoms with Crippen LogP contribution in [0.4, 0.5) is 0 Å². The van der Waals surface area contributed by atoms with Crippen molar-refractivity contribution in [3.63, 3.8) is 0 Å². The maximum absolute atomic E-state index is 12.2. The van der Waals surface area contributed by atoms with E-state index in [9.17, 15) is 13.2 Å². The number of nitrogens with one attached hydrogen (secondary N) is 1. The van der Waals surface area contributed by atoms with Gasteiger partial charge in [-0.15, -0.1) is 0 Å². The number of carbonyl (C=O) groups is 1. The summed E-state index contributed by atoms with van der Waals surface area (Å²) in [6, 6.07) is 9.69. The summed E-state index contributed by atoms with van der Waals surface area (Å²) in [5.74, 6) is 0.452. The summed E-state index contributed by atoms with van der Waals surface area (Å²) in [4.78, 5) is 14.0. The van der Waals surface area contributed by atoms with Gasteiger partial charge in [-0.2, -0.15) is 0 Å². The number of piperidine rings is 1. The van der Waals surface area contributed by atoms with E-state index in [1.54, 1.807) is 11.8 Å². The minimum Gasteiger partial charge on any atom is -0.341 e. The van der Waals surface area contributed by atoms with Crippen molar-refractivity contribution in [3.8, 4) is 0 Å². The molecule has 22 heavy (non-hydrogen) atoms. The van der Waals surface area contributed by atoms with Crippen molar-refractivity contribution < 1.29 is 13.2 Å². The molecular formula is C16H24N2O3S. The Morgan fingerprint density at radius 1 is 1.27 bits per heavy atom. The normalized spacial score (nSPS) is 18.2. The second-order valence-corrected chi connectivity index (χ2v) is 7.85. The molecule has 5 nitrogen and oxygen atoms in total. The Morgan fingerprint density at radius 3 is 2.41 bits per heavy atom. The van der Waals surface area contributed by atoms with Crippen LogP contribution in [-0.4, -0.2) is 44.6 Å². The second-order valence-electron chi connectivity index (χ2n) is 6.07. The molecule has 1 saturated heterocycles. The Balaban J connectivity index is 1.83. The third-order valence-corrected chi connectivity index (χ3v) is 4.84. The summed E-state index contributed by atoms with van der Waals surface area (Å²) in [5, 5.41) is 0. The van der Waals surface area contributed by atoms with Gasteiger partial charge in [0.15, 0.2) is 0 Å². The smallest absolute Gasteiger partial charge is 0.240 e. The fourth-order valence-corrected chi connectivity index (χ4v) is 3.69. The molecule has 1 aliphatic heterocycles. The molecule has 0 aliphatic carbocycles. The molecule has 2 rings (SSSR count). The largest absolute Gasteiger partial charge is 0.341 e. The van der Waals surface area contributed by atoms with Crippen LogP contribution in [0, 0.1) is 5.92 Å². The highest BCUT2D eigenvalue weighted by Crippen LogP contribution is 2.22. The predicted octanol–water partition coefficient (Wildman–Crippen LogP) is 1.41. The summed E-state index contributed by atoms with van der Waals surface area (Å²) in [7, 11) is -3.36. The highest BCUT2D eigenvalue weighted by atomic mass is 32.2. The molecule has 1 atom stereocenters. The lowest BCUT2D eigenvalue weighted by molar-refractivity contribution is -0.133. The van der Waals surface area contributed by atoms with Gasteiger partial charge in [-0.3, -0.25) is 4.79 Å². The summed E-state index contributed by atoms with van der Waals surface area (Å²) >= 11 is 0.